The number of benzene rings is 1. The Morgan fingerprint density at radius 1 is 1.30 bits per heavy atom. The summed E-state index contributed by atoms with van der Waals surface area (Å²) in [7, 11) is 0. The lowest BCUT2D eigenvalue weighted by molar-refractivity contribution is -0.118. The van der Waals surface area contributed by atoms with Gasteiger partial charge >= 0.3 is 0 Å². The maximum absolute atomic E-state index is 13.5. The van der Waals surface area contributed by atoms with E-state index in [1.54, 1.807) is 18.2 Å². The number of carbonyl (C=O) groups excluding carboxylic acids is 2. The number of hydrogen-bond acceptors (Lipinski definition) is 3. The highest BCUT2D eigenvalue weighted by atomic mass is 35.5. The van der Waals surface area contributed by atoms with Crippen LogP contribution in [0.1, 0.15) is 16.8 Å². The van der Waals surface area contributed by atoms with Gasteiger partial charge in [-0.1, -0.05) is 11.6 Å². The minimum Gasteiger partial charge on any atom is -0.340 e. The van der Waals surface area contributed by atoms with Gasteiger partial charge in [-0.15, -0.1) is 0 Å². The van der Waals surface area contributed by atoms with E-state index in [1.165, 1.54) is 29.4 Å². The fourth-order valence-corrected chi connectivity index (χ4v) is 2.59. The van der Waals surface area contributed by atoms with Crippen LogP contribution in [0.25, 0.3) is 0 Å². The molecule has 0 spiro atoms. The van der Waals surface area contributed by atoms with E-state index in [0.717, 1.165) is 0 Å². The van der Waals surface area contributed by atoms with Crippen LogP contribution < -0.4 is 10.2 Å². The third kappa shape index (κ3) is 3.17. The van der Waals surface area contributed by atoms with Crippen molar-refractivity contribution in [2.24, 2.45) is 0 Å². The molecule has 1 fully saturated rings. The topological polar surface area (TPSA) is 62.3 Å². The maximum Gasteiger partial charge on any atom is 0.252 e. The lowest BCUT2D eigenvalue weighted by Crippen LogP contribution is -2.41. The van der Waals surface area contributed by atoms with Crippen LogP contribution in [0.3, 0.4) is 0 Å². The number of nitrogens with one attached hydrogen (secondary N) is 1. The monoisotopic (exact) mass is 333 g/mol. The van der Waals surface area contributed by atoms with E-state index in [0.29, 0.717) is 24.2 Å². The lowest BCUT2D eigenvalue weighted by atomic mass is 10.2. The van der Waals surface area contributed by atoms with Crippen molar-refractivity contribution in [3.63, 3.8) is 0 Å². The Kier molecular flexibility index (Phi) is 4.25. The van der Waals surface area contributed by atoms with Crippen LogP contribution in [0.5, 0.6) is 0 Å². The molecule has 2 aromatic rings. The number of halogens is 2. The lowest BCUT2D eigenvalue weighted by Gasteiger charge is -2.17. The van der Waals surface area contributed by atoms with E-state index in [1.807, 2.05) is 0 Å². The summed E-state index contributed by atoms with van der Waals surface area (Å²) in [5.41, 5.74) is 0.862. The molecule has 5 nitrogen and oxygen atoms in total. The summed E-state index contributed by atoms with van der Waals surface area (Å²) in [4.78, 5) is 29.8. The highest BCUT2D eigenvalue weighted by Crippen LogP contribution is 2.25. The first-order chi connectivity index (χ1) is 11.1. The van der Waals surface area contributed by atoms with Crippen LogP contribution in [0.2, 0.25) is 5.02 Å². The second kappa shape index (κ2) is 6.34. The van der Waals surface area contributed by atoms with Crippen LogP contribution >= 0.6 is 11.6 Å². The van der Waals surface area contributed by atoms with Crippen molar-refractivity contribution < 1.29 is 14.0 Å². The molecule has 23 heavy (non-hydrogen) atoms. The van der Waals surface area contributed by atoms with Crippen LogP contribution in [-0.2, 0) is 4.79 Å². The van der Waals surface area contributed by atoms with E-state index >= 15 is 0 Å². The third-order valence-electron chi connectivity index (χ3n) is 3.67. The van der Waals surface area contributed by atoms with E-state index < -0.39 is 11.9 Å². The number of amides is 2. The van der Waals surface area contributed by atoms with Gasteiger partial charge in [0.25, 0.3) is 5.91 Å². The molecule has 0 saturated carbocycles. The molecule has 0 bridgehead atoms. The molecule has 0 aliphatic carbocycles. The first-order valence-corrected chi connectivity index (χ1v) is 7.41. The summed E-state index contributed by atoms with van der Waals surface area (Å²) in [5, 5.41) is 2.70. The summed E-state index contributed by atoms with van der Waals surface area (Å²) in [6.07, 6.45) is 3.47. The largest absolute Gasteiger partial charge is 0.340 e. The number of aromatic nitrogens is 1. The fourth-order valence-electron chi connectivity index (χ4n) is 2.47. The van der Waals surface area contributed by atoms with E-state index in [4.69, 9.17) is 11.6 Å². The summed E-state index contributed by atoms with van der Waals surface area (Å²) < 4.78 is 13.5. The normalized spacial score (nSPS) is 17.4. The van der Waals surface area contributed by atoms with Crippen molar-refractivity contribution in [3.05, 3.63) is 59.1 Å². The Morgan fingerprint density at radius 3 is 2.74 bits per heavy atom. The highest BCUT2D eigenvalue weighted by molar-refractivity contribution is 6.30. The average Bonchev–Trinajstić information content (AvgIpc) is 2.92. The standard InChI is InChI=1S/C16H13ClFN3O2/c17-12-2-1-11(9-13(12)18)21-8-5-14(16(21)23)20-15(22)10-3-6-19-7-4-10/h1-4,6-7,9,14H,5,8H2,(H,20,22)/t14-/m1/s1. The van der Waals surface area contributed by atoms with Gasteiger partial charge in [-0.2, -0.15) is 0 Å². The second-order valence-electron chi connectivity index (χ2n) is 5.14. The molecule has 2 amide bonds. The zero-order valence-corrected chi connectivity index (χ0v) is 12.8. The van der Waals surface area contributed by atoms with Gasteiger partial charge < -0.3 is 10.2 Å². The zero-order valence-electron chi connectivity index (χ0n) is 12.0. The van der Waals surface area contributed by atoms with Gasteiger partial charge in [0.1, 0.15) is 11.9 Å². The van der Waals surface area contributed by atoms with Crippen molar-refractivity contribution in [2.45, 2.75) is 12.5 Å². The molecular weight excluding hydrogens is 321 g/mol. The molecule has 1 aliphatic heterocycles. The van der Waals surface area contributed by atoms with Gasteiger partial charge in [0.05, 0.1) is 5.02 Å². The van der Waals surface area contributed by atoms with Gasteiger partial charge in [0.2, 0.25) is 5.91 Å². The highest BCUT2D eigenvalue weighted by Gasteiger charge is 2.34. The Labute approximate surface area is 137 Å². The van der Waals surface area contributed by atoms with Crippen LogP contribution in [-0.4, -0.2) is 29.4 Å². The summed E-state index contributed by atoms with van der Waals surface area (Å²) in [6.45, 7) is 0.404. The predicted molar refractivity (Wildman–Crippen MR) is 83.9 cm³/mol. The molecule has 1 aromatic carbocycles. The first kappa shape index (κ1) is 15.4. The molecule has 0 unspecified atom stereocenters. The van der Waals surface area contributed by atoms with Gasteiger partial charge in [0, 0.05) is 30.2 Å². The molecule has 118 valence electrons. The molecule has 0 radical (unpaired) electrons. The van der Waals surface area contributed by atoms with Gasteiger partial charge in [-0.25, -0.2) is 4.39 Å². The Morgan fingerprint density at radius 2 is 2.04 bits per heavy atom. The predicted octanol–water partition coefficient (Wildman–Crippen LogP) is 2.41. The molecule has 1 N–H and O–H groups in total. The SMILES string of the molecule is O=C(N[C@@H]1CCN(c2ccc(Cl)c(F)c2)C1=O)c1ccncc1. The number of pyridine rings is 1. The summed E-state index contributed by atoms with van der Waals surface area (Å²) >= 11 is 5.65. The zero-order chi connectivity index (χ0) is 16.4. The average molecular weight is 334 g/mol. The number of nitrogens with zero attached hydrogens (tertiary/aromatic N) is 2. The van der Waals surface area contributed by atoms with Crippen LogP contribution in [0.4, 0.5) is 10.1 Å². The second-order valence-corrected chi connectivity index (χ2v) is 5.55. The van der Waals surface area contributed by atoms with Gasteiger partial charge in [-0.3, -0.25) is 14.6 Å². The Bertz CT molecular complexity index is 754. The Hall–Kier alpha value is -2.47. The number of carbonyl (C=O) groups is 2. The van der Waals surface area contributed by atoms with Crippen LogP contribution in [0, 0.1) is 5.82 Å². The molecular formula is C16H13ClFN3O2. The van der Waals surface area contributed by atoms with Crippen molar-refractivity contribution in [1.82, 2.24) is 10.3 Å². The minimum atomic E-state index is -0.630. The van der Waals surface area contributed by atoms with Crippen molar-refractivity contribution in [2.75, 3.05) is 11.4 Å². The maximum atomic E-state index is 13.5. The van der Waals surface area contributed by atoms with Crippen molar-refractivity contribution >= 4 is 29.1 Å². The number of rotatable bonds is 3. The van der Waals surface area contributed by atoms with E-state index in [-0.39, 0.29) is 16.8 Å². The van der Waals surface area contributed by atoms with Crippen LogP contribution in [0.15, 0.2) is 42.7 Å². The molecule has 1 saturated heterocycles. The molecule has 1 atom stereocenters. The minimum absolute atomic E-state index is 0.00272. The van der Waals surface area contributed by atoms with Crippen molar-refractivity contribution in [3.8, 4) is 0 Å². The number of anilines is 1. The van der Waals surface area contributed by atoms with Gasteiger partial charge in [0.15, 0.2) is 0 Å². The molecule has 1 aliphatic rings. The first-order valence-electron chi connectivity index (χ1n) is 7.03. The number of hydrogen-bond donors (Lipinski definition) is 1. The molecule has 2 heterocycles. The molecule has 3 rings (SSSR count). The summed E-state index contributed by atoms with van der Waals surface area (Å²) in [6, 6.07) is 6.71. The molecule has 1 aromatic heterocycles. The van der Waals surface area contributed by atoms with E-state index in [9.17, 15) is 14.0 Å². The smallest absolute Gasteiger partial charge is 0.252 e. The Balaban J connectivity index is 1.71. The molecule has 7 heteroatoms. The fraction of sp³-hybridized carbons (Fsp3) is 0.188. The van der Waals surface area contributed by atoms with Gasteiger partial charge in [-0.05, 0) is 36.8 Å². The quantitative estimate of drug-likeness (QED) is 0.938. The summed E-state index contributed by atoms with van der Waals surface area (Å²) in [5.74, 6) is -1.19. The van der Waals surface area contributed by atoms with E-state index in [2.05, 4.69) is 10.3 Å². The third-order valence-corrected chi connectivity index (χ3v) is 3.97. The van der Waals surface area contributed by atoms with Crippen molar-refractivity contribution in [1.29, 1.82) is 0 Å².